The fraction of sp³-hybridized carbons (Fsp3) is 0.278. The van der Waals surface area contributed by atoms with E-state index in [1.807, 2.05) is 38.4 Å². The topological polar surface area (TPSA) is 75.4 Å². The van der Waals surface area contributed by atoms with Gasteiger partial charge in [0, 0.05) is 17.5 Å². The zero-order chi connectivity index (χ0) is 18.2. The number of rotatable bonds is 5. The molecular weight excluding hydrogens is 338 g/mol. The molecule has 3 aromatic rings. The van der Waals surface area contributed by atoms with Gasteiger partial charge < -0.3 is 9.42 Å². The van der Waals surface area contributed by atoms with Crippen molar-refractivity contribution in [1.29, 1.82) is 0 Å². The molecule has 0 radical (unpaired) electrons. The van der Waals surface area contributed by atoms with Gasteiger partial charge in [-0.15, -0.1) is 0 Å². The van der Waals surface area contributed by atoms with Gasteiger partial charge in [0.2, 0.25) is 5.88 Å². The standard InChI is InChI=1S/C18H21N3O3S/c1-12-13(2)19-24-18(12)20-25(22,23)17-10-6-8-15-14(11-21(3)4)7-5-9-16(15)17/h5-10,20H,11H2,1-4H3. The fourth-order valence-corrected chi connectivity index (χ4v) is 4.02. The first-order valence-corrected chi connectivity index (χ1v) is 9.39. The highest BCUT2D eigenvalue weighted by molar-refractivity contribution is 7.93. The summed E-state index contributed by atoms with van der Waals surface area (Å²) in [5.74, 6) is 0.152. The summed E-state index contributed by atoms with van der Waals surface area (Å²) in [6, 6.07) is 11.0. The maximum atomic E-state index is 12.9. The van der Waals surface area contributed by atoms with Crippen LogP contribution in [-0.2, 0) is 16.6 Å². The second-order valence-electron chi connectivity index (χ2n) is 6.33. The van der Waals surface area contributed by atoms with Crippen LogP contribution in [-0.4, -0.2) is 32.6 Å². The molecule has 0 unspecified atom stereocenters. The van der Waals surface area contributed by atoms with Crippen molar-refractivity contribution in [3.63, 3.8) is 0 Å². The third kappa shape index (κ3) is 3.38. The van der Waals surface area contributed by atoms with Crippen molar-refractivity contribution in [2.24, 2.45) is 0 Å². The molecule has 0 atom stereocenters. The molecule has 132 valence electrons. The minimum absolute atomic E-state index is 0.152. The molecule has 0 spiro atoms. The average molecular weight is 359 g/mol. The first-order valence-electron chi connectivity index (χ1n) is 7.90. The van der Waals surface area contributed by atoms with E-state index in [2.05, 4.69) is 14.8 Å². The SMILES string of the molecule is Cc1noc(NS(=O)(=O)c2cccc3c(CN(C)C)cccc23)c1C. The van der Waals surface area contributed by atoms with E-state index in [4.69, 9.17) is 4.52 Å². The summed E-state index contributed by atoms with van der Waals surface area (Å²) < 4.78 is 33.4. The lowest BCUT2D eigenvalue weighted by atomic mass is 10.0. The predicted octanol–water partition coefficient (Wildman–Crippen LogP) is 3.31. The quantitative estimate of drug-likeness (QED) is 0.756. The summed E-state index contributed by atoms with van der Waals surface area (Å²) in [6.45, 7) is 4.26. The van der Waals surface area contributed by atoms with Gasteiger partial charge in [0.05, 0.1) is 10.6 Å². The molecule has 0 saturated carbocycles. The van der Waals surface area contributed by atoms with E-state index in [-0.39, 0.29) is 10.8 Å². The number of aryl methyl sites for hydroxylation is 1. The Morgan fingerprint density at radius 1 is 1.08 bits per heavy atom. The van der Waals surface area contributed by atoms with Crippen LogP contribution in [0.1, 0.15) is 16.8 Å². The molecule has 0 bridgehead atoms. The Hall–Kier alpha value is -2.38. The Balaban J connectivity index is 2.10. The van der Waals surface area contributed by atoms with E-state index in [9.17, 15) is 8.42 Å². The lowest BCUT2D eigenvalue weighted by Crippen LogP contribution is -2.14. The van der Waals surface area contributed by atoms with E-state index >= 15 is 0 Å². The van der Waals surface area contributed by atoms with Crippen LogP contribution in [0.4, 0.5) is 5.88 Å². The van der Waals surface area contributed by atoms with Crippen LogP contribution in [0.3, 0.4) is 0 Å². The van der Waals surface area contributed by atoms with Gasteiger partial charge in [-0.1, -0.05) is 35.5 Å². The average Bonchev–Trinajstić information content (AvgIpc) is 2.86. The van der Waals surface area contributed by atoms with Crippen LogP contribution >= 0.6 is 0 Å². The highest BCUT2D eigenvalue weighted by Gasteiger charge is 2.21. The van der Waals surface area contributed by atoms with Gasteiger partial charge in [-0.25, -0.2) is 13.1 Å². The van der Waals surface area contributed by atoms with Crippen molar-refractivity contribution in [3.8, 4) is 0 Å². The Bertz CT molecular complexity index is 1020. The second-order valence-corrected chi connectivity index (χ2v) is 7.98. The third-order valence-electron chi connectivity index (χ3n) is 4.13. The van der Waals surface area contributed by atoms with Crippen molar-refractivity contribution in [3.05, 3.63) is 53.2 Å². The molecule has 2 aromatic carbocycles. The molecule has 0 saturated heterocycles. The van der Waals surface area contributed by atoms with Gasteiger partial charge in [0.15, 0.2) is 0 Å². The van der Waals surface area contributed by atoms with Crippen LogP contribution in [0.5, 0.6) is 0 Å². The van der Waals surface area contributed by atoms with E-state index in [0.717, 1.165) is 17.5 Å². The van der Waals surface area contributed by atoms with E-state index in [1.165, 1.54) is 0 Å². The van der Waals surface area contributed by atoms with Crippen molar-refractivity contribution < 1.29 is 12.9 Å². The Morgan fingerprint density at radius 3 is 2.40 bits per heavy atom. The number of hydrogen-bond donors (Lipinski definition) is 1. The highest BCUT2D eigenvalue weighted by atomic mass is 32.2. The van der Waals surface area contributed by atoms with Crippen molar-refractivity contribution in [2.45, 2.75) is 25.3 Å². The number of sulfonamides is 1. The first kappa shape index (κ1) is 17.4. The molecule has 0 aliphatic rings. The maximum Gasteiger partial charge on any atom is 0.264 e. The Kier molecular flexibility index (Phi) is 4.53. The highest BCUT2D eigenvalue weighted by Crippen LogP contribution is 2.29. The summed E-state index contributed by atoms with van der Waals surface area (Å²) in [7, 11) is 0.173. The van der Waals surface area contributed by atoms with E-state index in [1.54, 1.807) is 26.0 Å². The fourth-order valence-electron chi connectivity index (χ4n) is 2.75. The number of benzene rings is 2. The van der Waals surface area contributed by atoms with Crippen LogP contribution < -0.4 is 4.72 Å². The molecule has 25 heavy (non-hydrogen) atoms. The Labute approximate surface area is 147 Å². The van der Waals surface area contributed by atoms with Gasteiger partial charge in [0.1, 0.15) is 0 Å². The molecular formula is C18H21N3O3S. The number of nitrogens with one attached hydrogen (secondary N) is 1. The van der Waals surface area contributed by atoms with Crippen molar-refractivity contribution in [2.75, 3.05) is 18.8 Å². The summed E-state index contributed by atoms with van der Waals surface area (Å²) >= 11 is 0. The lowest BCUT2D eigenvalue weighted by Gasteiger charge is -2.14. The molecule has 7 heteroatoms. The monoisotopic (exact) mass is 359 g/mol. The summed E-state index contributed by atoms with van der Waals surface area (Å²) in [5.41, 5.74) is 2.41. The molecule has 0 aliphatic heterocycles. The molecule has 6 nitrogen and oxygen atoms in total. The van der Waals surface area contributed by atoms with Crippen molar-refractivity contribution in [1.82, 2.24) is 10.1 Å². The van der Waals surface area contributed by atoms with Gasteiger partial charge in [0.25, 0.3) is 10.0 Å². The van der Waals surface area contributed by atoms with Gasteiger partial charge in [-0.3, -0.25) is 0 Å². The minimum atomic E-state index is -3.79. The lowest BCUT2D eigenvalue weighted by molar-refractivity contribution is 0.404. The Morgan fingerprint density at radius 2 is 1.76 bits per heavy atom. The molecule has 1 heterocycles. The summed E-state index contributed by atoms with van der Waals surface area (Å²) in [5, 5.41) is 5.40. The molecule has 0 aliphatic carbocycles. The normalized spacial score (nSPS) is 12.0. The van der Waals surface area contributed by atoms with Gasteiger partial charge in [-0.05, 0) is 45.0 Å². The van der Waals surface area contributed by atoms with Crippen LogP contribution in [0.25, 0.3) is 10.8 Å². The molecule has 0 fully saturated rings. The molecule has 0 amide bonds. The van der Waals surface area contributed by atoms with E-state index in [0.29, 0.717) is 16.6 Å². The predicted molar refractivity (Wildman–Crippen MR) is 98.1 cm³/mol. The van der Waals surface area contributed by atoms with Crippen LogP contribution in [0.15, 0.2) is 45.8 Å². The molecule has 1 aromatic heterocycles. The summed E-state index contributed by atoms with van der Waals surface area (Å²) in [6.07, 6.45) is 0. The zero-order valence-electron chi connectivity index (χ0n) is 14.7. The summed E-state index contributed by atoms with van der Waals surface area (Å²) in [4.78, 5) is 2.27. The number of fused-ring (bicyclic) bond motifs is 1. The number of aromatic nitrogens is 1. The van der Waals surface area contributed by atoms with Crippen molar-refractivity contribution >= 4 is 26.7 Å². The number of hydrogen-bond acceptors (Lipinski definition) is 5. The second kappa shape index (κ2) is 6.50. The minimum Gasteiger partial charge on any atom is -0.337 e. The first-order chi connectivity index (χ1) is 11.8. The third-order valence-corrected chi connectivity index (χ3v) is 5.52. The maximum absolute atomic E-state index is 12.9. The zero-order valence-corrected chi connectivity index (χ0v) is 15.5. The largest absolute Gasteiger partial charge is 0.337 e. The molecule has 1 N–H and O–H groups in total. The smallest absolute Gasteiger partial charge is 0.264 e. The van der Waals surface area contributed by atoms with Crippen LogP contribution in [0, 0.1) is 13.8 Å². The van der Waals surface area contributed by atoms with Gasteiger partial charge >= 0.3 is 0 Å². The molecule has 3 rings (SSSR count). The van der Waals surface area contributed by atoms with Crippen LogP contribution in [0.2, 0.25) is 0 Å². The van der Waals surface area contributed by atoms with Gasteiger partial charge in [-0.2, -0.15) is 0 Å². The number of anilines is 1. The number of nitrogens with zero attached hydrogens (tertiary/aromatic N) is 2. The van der Waals surface area contributed by atoms with E-state index < -0.39 is 10.0 Å².